The van der Waals surface area contributed by atoms with Crippen LogP contribution in [-0.4, -0.2) is 22.9 Å². The molecule has 0 aliphatic rings. The van der Waals surface area contributed by atoms with Gasteiger partial charge in [0.2, 0.25) is 0 Å². The number of unbranched alkanes of at least 4 members (excludes halogenated alkanes) is 1. The molecule has 0 aromatic heterocycles. The Hall–Kier alpha value is -0.520. The van der Waals surface area contributed by atoms with Gasteiger partial charge in [-0.05, 0) is 6.42 Å². The van der Waals surface area contributed by atoms with Crippen LogP contribution in [0.5, 0.6) is 0 Å². The van der Waals surface area contributed by atoms with Gasteiger partial charge in [-0.2, -0.15) is 0 Å². The van der Waals surface area contributed by atoms with Gasteiger partial charge in [-0.1, -0.05) is 12.8 Å². The molecule has 0 aliphatic heterocycles. The molecular formula is C7H12O2. The molecule has 0 rings (SSSR count). The Morgan fingerprint density at radius 1 is 1.56 bits per heavy atom. The lowest BCUT2D eigenvalue weighted by molar-refractivity contribution is 0.138. The average Bonchev–Trinajstić information content (AvgIpc) is 1.89. The van der Waals surface area contributed by atoms with E-state index in [1.165, 1.54) is 0 Å². The quantitative estimate of drug-likeness (QED) is 0.519. The molecule has 52 valence electrons. The van der Waals surface area contributed by atoms with Gasteiger partial charge < -0.3 is 10.2 Å². The van der Waals surface area contributed by atoms with Crippen LogP contribution < -0.4 is 0 Å². The molecular weight excluding hydrogens is 116 g/mol. The predicted octanol–water partition coefficient (Wildman–Crippen LogP) is 0.143. The van der Waals surface area contributed by atoms with Crippen LogP contribution in [0.15, 0.2) is 0 Å². The lowest BCUT2D eigenvalue weighted by Gasteiger charge is -1.92. The van der Waals surface area contributed by atoms with Gasteiger partial charge in [0.1, 0.15) is 6.10 Å². The Labute approximate surface area is 55.5 Å². The zero-order valence-corrected chi connectivity index (χ0v) is 5.59. The standard InChI is InChI=1S/C7H12O2/c1-2-3-4-5-7(9)6-8/h7-9H,2-3,6H2,1H3. The fourth-order valence-electron chi connectivity index (χ4n) is 0.361. The van der Waals surface area contributed by atoms with Gasteiger partial charge in [0, 0.05) is 6.42 Å². The minimum Gasteiger partial charge on any atom is -0.393 e. The highest BCUT2D eigenvalue weighted by Crippen LogP contribution is 1.82. The topological polar surface area (TPSA) is 40.5 Å². The monoisotopic (exact) mass is 128 g/mol. The van der Waals surface area contributed by atoms with Gasteiger partial charge in [-0.25, -0.2) is 0 Å². The molecule has 0 aromatic rings. The highest BCUT2D eigenvalue weighted by Gasteiger charge is 1.90. The summed E-state index contributed by atoms with van der Waals surface area (Å²) < 4.78 is 0. The molecule has 2 N–H and O–H groups in total. The molecule has 0 saturated carbocycles. The van der Waals surface area contributed by atoms with E-state index >= 15 is 0 Å². The molecule has 1 unspecified atom stereocenters. The van der Waals surface area contributed by atoms with Crippen LogP contribution >= 0.6 is 0 Å². The minimum absolute atomic E-state index is 0.267. The molecule has 0 aromatic carbocycles. The first-order valence-electron chi connectivity index (χ1n) is 3.08. The van der Waals surface area contributed by atoms with Gasteiger partial charge in [0.25, 0.3) is 0 Å². The molecule has 0 saturated heterocycles. The van der Waals surface area contributed by atoms with Crippen molar-refractivity contribution in [1.82, 2.24) is 0 Å². The van der Waals surface area contributed by atoms with E-state index in [0.29, 0.717) is 0 Å². The molecule has 0 amide bonds. The molecule has 0 fully saturated rings. The van der Waals surface area contributed by atoms with E-state index in [1.807, 2.05) is 6.92 Å². The maximum atomic E-state index is 8.66. The first-order valence-corrected chi connectivity index (χ1v) is 3.08. The number of hydrogen-bond donors (Lipinski definition) is 2. The number of aliphatic hydroxyl groups excluding tert-OH is 2. The number of rotatable bonds is 2. The van der Waals surface area contributed by atoms with Gasteiger partial charge >= 0.3 is 0 Å². The van der Waals surface area contributed by atoms with Crippen LogP contribution in [0.4, 0.5) is 0 Å². The maximum absolute atomic E-state index is 8.66. The van der Waals surface area contributed by atoms with E-state index in [0.717, 1.165) is 12.8 Å². The summed E-state index contributed by atoms with van der Waals surface area (Å²) >= 11 is 0. The molecule has 2 heteroatoms. The second kappa shape index (κ2) is 5.61. The SMILES string of the molecule is CCCC#CC(O)CO. The normalized spacial score (nSPS) is 11.9. The van der Waals surface area contributed by atoms with E-state index in [1.54, 1.807) is 0 Å². The Morgan fingerprint density at radius 2 is 2.22 bits per heavy atom. The van der Waals surface area contributed by atoms with Gasteiger partial charge in [-0.3, -0.25) is 0 Å². The largest absolute Gasteiger partial charge is 0.393 e. The van der Waals surface area contributed by atoms with Crippen molar-refractivity contribution in [2.45, 2.75) is 25.9 Å². The van der Waals surface area contributed by atoms with Crippen molar-refractivity contribution < 1.29 is 10.2 Å². The molecule has 0 heterocycles. The van der Waals surface area contributed by atoms with Crippen LogP contribution in [0.3, 0.4) is 0 Å². The van der Waals surface area contributed by atoms with Crippen molar-refractivity contribution >= 4 is 0 Å². The highest BCUT2D eigenvalue weighted by atomic mass is 16.3. The zero-order chi connectivity index (χ0) is 7.11. The van der Waals surface area contributed by atoms with Crippen molar-refractivity contribution in [2.24, 2.45) is 0 Å². The van der Waals surface area contributed by atoms with Crippen LogP contribution in [0.2, 0.25) is 0 Å². The molecule has 1 atom stereocenters. The Morgan fingerprint density at radius 3 is 2.67 bits per heavy atom. The predicted molar refractivity (Wildman–Crippen MR) is 35.8 cm³/mol. The lowest BCUT2D eigenvalue weighted by Crippen LogP contribution is -2.07. The van der Waals surface area contributed by atoms with Crippen LogP contribution in [0.25, 0.3) is 0 Å². The fraction of sp³-hybridized carbons (Fsp3) is 0.714. The summed E-state index contributed by atoms with van der Waals surface area (Å²) in [6, 6.07) is 0. The van der Waals surface area contributed by atoms with Gasteiger partial charge in [0.05, 0.1) is 6.61 Å². The summed E-state index contributed by atoms with van der Waals surface area (Å²) in [5.74, 6) is 5.21. The first-order chi connectivity index (χ1) is 4.31. The Bertz CT molecular complexity index is 110. The third-order valence-corrected chi connectivity index (χ3v) is 0.817. The number of aliphatic hydroxyl groups is 2. The van der Waals surface area contributed by atoms with Crippen molar-refractivity contribution in [3.05, 3.63) is 0 Å². The smallest absolute Gasteiger partial charge is 0.137 e. The first kappa shape index (κ1) is 8.48. The summed E-state index contributed by atoms with van der Waals surface area (Å²) in [5.41, 5.74) is 0. The molecule has 9 heavy (non-hydrogen) atoms. The van der Waals surface area contributed by atoms with Crippen LogP contribution in [0.1, 0.15) is 19.8 Å². The second-order valence-corrected chi connectivity index (χ2v) is 1.77. The van der Waals surface area contributed by atoms with Crippen LogP contribution in [-0.2, 0) is 0 Å². The highest BCUT2D eigenvalue weighted by molar-refractivity contribution is 5.03. The van der Waals surface area contributed by atoms with E-state index in [2.05, 4.69) is 11.8 Å². The van der Waals surface area contributed by atoms with E-state index in [-0.39, 0.29) is 6.61 Å². The zero-order valence-electron chi connectivity index (χ0n) is 5.59. The van der Waals surface area contributed by atoms with Crippen molar-refractivity contribution in [1.29, 1.82) is 0 Å². The van der Waals surface area contributed by atoms with Crippen molar-refractivity contribution in [3.63, 3.8) is 0 Å². The summed E-state index contributed by atoms with van der Waals surface area (Å²) in [6.45, 7) is 1.75. The Balaban J connectivity index is 3.33. The molecule has 0 radical (unpaired) electrons. The molecule has 0 aliphatic carbocycles. The van der Waals surface area contributed by atoms with Crippen molar-refractivity contribution in [2.75, 3.05) is 6.61 Å². The third-order valence-electron chi connectivity index (χ3n) is 0.817. The number of hydrogen-bond acceptors (Lipinski definition) is 2. The summed E-state index contributed by atoms with van der Waals surface area (Å²) in [4.78, 5) is 0. The minimum atomic E-state index is -0.850. The fourth-order valence-corrected chi connectivity index (χ4v) is 0.361. The summed E-state index contributed by atoms with van der Waals surface area (Å²) in [6.07, 6.45) is 0.930. The Kier molecular flexibility index (Phi) is 5.29. The maximum Gasteiger partial charge on any atom is 0.137 e. The molecule has 2 nitrogen and oxygen atoms in total. The average molecular weight is 128 g/mol. The van der Waals surface area contributed by atoms with E-state index in [9.17, 15) is 0 Å². The van der Waals surface area contributed by atoms with E-state index in [4.69, 9.17) is 10.2 Å². The second-order valence-electron chi connectivity index (χ2n) is 1.77. The van der Waals surface area contributed by atoms with Gasteiger partial charge in [0.15, 0.2) is 0 Å². The van der Waals surface area contributed by atoms with Crippen molar-refractivity contribution in [3.8, 4) is 11.8 Å². The lowest BCUT2D eigenvalue weighted by atomic mass is 10.3. The van der Waals surface area contributed by atoms with Gasteiger partial charge in [-0.15, -0.1) is 5.92 Å². The third kappa shape index (κ3) is 5.35. The molecule has 0 bridgehead atoms. The molecule has 0 spiro atoms. The summed E-state index contributed by atoms with van der Waals surface area (Å²) in [5, 5.41) is 16.9. The van der Waals surface area contributed by atoms with E-state index < -0.39 is 6.10 Å². The van der Waals surface area contributed by atoms with Crippen LogP contribution in [0, 0.1) is 11.8 Å². The summed E-state index contributed by atoms with van der Waals surface area (Å²) in [7, 11) is 0.